The molecule has 0 aromatic rings. The molecule has 0 aromatic heterocycles. The zero-order valence-corrected chi connectivity index (χ0v) is 38.8. The molecule has 0 spiro atoms. The number of unbranched alkanes of at least 4 members (excludes halogenated alkanes) is 32. The Morgan fingerprint density at radius 1 is 0.466 bits per heavy atom. The summed E-state index contributed by atoms with van der Waals surface area (Å²) in [7, 11) is 0. The van der Waals surface area contributed by atoms with Crippen molar-refractivity contribution < 1.29 is 24.5 Å². The van der Waals surface area contributed by atoms with Gasteiger partial charge in [0, 0.05) is 12.8 Å². The largest absolute Gasteiger partial charge is 0.466 e. The maximum absolute atomic E-state index is 12.4. The van der Waals surface area contributed by atoms with Crippen LogP contribution in [0.15, 0.2) is 24.3 Å². The zero-order chi connectivity index (χ0) is 42.3. The quantitative estimate of drug-likeness (QED) is 0.0323. The van der Waals surface area contributed by atoms with Crippen LogP contribution in [0.1, 0.15) is 271 Å². The SMILES string of the molecule is CCCCCCCC/C=C\CCCCCCCC(=O)OCCCC/C=C\CCCCCCCC(=O)NC(CO)C(O)CCCCCCCCCCCCCCCCC. The Kier molecular flexibility index (Phi) is 46.6. The molecule has 58 heavy (non-hydrogen) atoms. The summed E-state index contributed by atoms with van der Waals surface area (Å²) >= 11 is 0. The lowest BCUT2D eigenvalue weighted by atomic mass is 10.0. The van der Waals surface area contributed by atoms with Crippen molar-refractivity contribution in [2.24, 2.45) is 0 Å². The van der Waals surface area contributed by atoms with E-state index in [2.05, 4.69) is 43.5 Å². The van der Waals surface area contributed by atoms with Crippen molar-refractivity contribution in [3.63, 3.8) is 0 Å². The highest BCUT2D eigenvalue weighted by Gasteiger charge is 2.20. The third-order valence-corrected chi connectivity index (χ3v) is 11.7. The molecular formula is C52H99NO5. The molecule has 0 aliphatic rings. The number of ether oxygens (including phenoxy) is 1. The number of aliphatic hydroxyl groups excluding tert-OH is 2. The molecule has 0 aliphatic carbocycles. The molecule has 6 heteroatoms. The summed E-state index contributed by atoms with van der Waals surface area (Å²) in [5.41, 5.74) is 0. The van der Waals surface area contributed by atoms with Gasteiger partial charge < -0.3 is 20.3 Å². The Labute approximate surface area is 361 Å². The first-order valence-corrected chi connectivity index (χ1v) is 25.6. The van der Waals surface area contributed by atoms with Crippen molar-refractivity contribution >= 4 is 11.9 Å². The van der Waals surface area contributed by atoms with Gasteiger partial charge in [0.15, 0.2) is 0 Å². The van der Waals surface area contributed by atoms with Crippen LogP contribution in [0.5, 0.6) is 0 Å². The first-order valence-electron chi connectivity index (χ1n) is 25.6. The smallest absolute Gasteiger partial charge is 0.305 e. The molecule has 0 rings (SSSR count). The summed E-state index contributed by atoms with van der Waals surface area (Å²) < 4.78 is 5.43. The fourth-order valence-corrected chi connectivity index (χ4v) is 7.74. The highest BCUT2D eigenvalue weighted by Crippen LogP contribution is 2.16. The molecular weight excluding hydrogens is 719 g/mol. The number of rotatable bonds is 47. The molecule has 342 valence electrons. The standard InChI is InChI=1S/C52H99NO5/c1-3-5-7-9-11-13-15-17-19-21-24-28-32-36-40-44-50(55)49(48-54)53-51(56)45-41-37-33-29-25-23-27-31-35-39-43-47-58-52(57)46-42-38-34-30-26-22-20-18-16-14-12-10-8-6-4-2/h18,20,27,31,49-50,54-55H,3-17,19,21-26,28-30,32-48H2,1-2H3,(H,53,56)/b20-18-,31-27-. The number of nitrogens with one attached hydrogen (secondary N) is 1. The van der Waals surface area contributed by atoms with E-state index in [1.807, 2.05) is 0 Å². The molecule has 0 aromatic carbocycles. The highest BCUT2D eigenvalue weighted by molar-refractivity contribution is 5.76. The first kappa shape index (κ1) is 56.3. The second-order valence-electron chi connectivity index (χ2n) is 17.5. The van der Waals surface area contributed by atoms with Gasteiger partial charge in [0.25, 0.3) is 0 Å². The summed E-state index contributed by atoms with van der Waals surface area (Å²) in [6, 6.07) is -0.562. The normalized spacial score (nSPS) is 12.8. The third kappa shape index (κ3) is 43.9. The van der Waals surface area contributed by atoms with Gasteiger partial charge in [-0.1, -0.05) is 205 Å². The van der Waals surface area contributed by atoms with E-state index in [0.29, 0.717) is 25.9 Å². The lowest BCUT2D eigenvalue weighted by molar-refractivity contribution is -0.143. The van der Waals surface area contributed by atoms with Crippen molar-refractivity contribution in [3.8, 4) is 0 Å². The van der Waals surface area contributed by atoms with Gasteiger partial charge in [0.1, 0.15) is 0 Å². The Hall–Kier alpha value is -1.66. The molecule has 0 saturated carbocycles. The summed E-state index contributed by atoms with van der Waals surface area (Å²) in [6.45, 7) is 4.87. The second kappa shape index (κ2) is 48.0. The van der Waals surface area contributed by atoms with E-state index in [4.69, 9.17) is 4.74 Å². The van der Waals surface area contributed by atoms with Crippen LogP contribution in [0.2, 0.25) is 0 Å². The molecule has 3 N–H and O–H groups in total. The van der Waals surface area contributed by atoms with Crippen LogP contribution in [-0.2, 0) is 14.3 Å². The monoisotopic (exact) mass is 818 g/mol. The minimum Gasteiger partial charge on any atom is -0.466 e. The third-order valence-electron chi connectivity index (χ3n) is 11.7. The van der Waals surface area contributed by atoms with Crippen molar-refractivity contribution in [3.05, 3.63) is 24.3 Å². The van der Waals surface area contributed by atoms with Crippen LogP contribution in [0.4, 0.5) is 0 Å². The van der Waals surface area contributed by atoms with Crippen molar-refractivity contribution in [2.45, 2.75) is 283 Å². The molecule has 1 amide bonds. The molecule has 2 unspecified atom stereocenters. The average Bonchev–Trinajstić information content (AvgIpc) is 3.22. The van der Waals surface area contributed by atoms with Gasteiger partial charge in [-0.05, 0) is 77.0 Å². The van der Waals surface area contributed by atoms with Crippen LogP contribution < -0.4 is 5.32 Å². The summed E-state index contributed by atoms with van der Waals surface area (Å²) in [6.07, 6.45) is 55.7. The minimum atomic E-state index is -0.682. The lowest BCUT2D eigenvalue weighted by Gasteiger charge is -2.22. The Balaban J connectivity index is 3.52. The molecule has 0 bridgehead atoms. The minimum absolute atomic E-state index is 0.0392. The van der Waals surface area contributed by atoms with Crippen LogP contribution in [0.25, 0.3) is 0 Å². The number of aliphatic hydroxyl groups is 2. The van der Waals surface area contributed by atoms with Crippen molar-refractivity contribution in [1.29, 1.82) is 0 Å². The van der Waals surface area contributed by atoms with Gasteiger partial charge in [0.2, 0.25) is 5.91 Å². The molecule has 6 nitrogen and oxygen atoms in total. The lowest BCUT2D eigenvalue weighted by Crippen LogP contribution is -2.45. The first-order chi connectivity index (χ1) is 28.5. The molecule has 0 saturated heterocycles. The van der Waals surface area contributed by atoms with E-state index in [0.717, 1.165) is 83.5 Å². The Morgan fingerprint density at radius 2 is 0.810 bits per heavy atom. The topological polar surface area (TPSA) is 95.9 Å². The molecule has 0 radical (unpaired) electrons. The van der Waals surface area contributed by atoms with Crippen molar-refractivity contribution in [2.75, 3.05) is 13.2 Å². The van der Waals surface area contributed by atoms with Crippen LogP contribution >= 0.6 is 0 Å². The number of allylic oxidation sites excluding steroid dienone is 4. The number of hydrogen-bond acceptors (Lipinski definition) is 5. The Bertz CT molecular complexity index is 904. The predicted octanol–water partition coefficient (Wildman–Crippen LogP) is 15.1. The number of esters is 1. The number of hydrogen-bond donors (Lipinski definition) is 3. The molecule has 0 aliphatic heterocycles. The maximum atomic E-state index is 12.4. The van der Waals surface area contributed by atoms with E-state index in [9.17, 15) is 19.8 Å². The number of carbonyl (C=O) groups is 2. The molecule has 0 fully saturated rings. The van der Waals surface area contributed by atoms with Gasteiger partial charge in [-0.15, -0.1) is 0 Å². The van der Waals surface area contributed by atoms with Crippen LogP contribution in [0, 0.1) is 0 Å². The fourth-order valence-electron chi connectivity index (χ4n) is 7.74. The van der Waals surface area contributed by atoms with Crippen LogP contribution in [0.3, 0.4) is 0 Å². The van der Waals surface area contributed by atoms with Gasteiger partial charge in [-0.25, -0.2) is 0 Å². The molecule has 2 atom stereocenters. The van der Waals surface area contributed by atoms with Crippen LogP contribution in [-0.4, -0.2) is 47.4 Å². The Morgan fingerprint density at radius 3 is 1.22 bits per heavy atom. The van der Waals surface area contributed by atoms with E-state index in [1.165, 1.54) is 154 Å². The van der Waals surface area contributed by atoms with E-state index in [1.54, 1.807) is 0 Å². The van der Waals surface area contributed by atoms with E-state index < -0.39 is 12.1 Å². The van der Waals surface area contributed by atoms with Gasteiger partial charge in [0.05, 0.1) is 25.4 Å². The fraction of sp³-hybridized carbons (Fsp3) is 0.885. The molecule has 0 heterocycles. The van der Waals surface area contributed by atoms with E-state index in [-0.39, 0.29) is 18.5 Å². The number of amides is 1. The second-order valence-corrected chi connectivity index (χ2v) is 17.5. The zero-order valence-electron chi connectivity index (χ0n) is 38.8. The average molecular weight is 818 g/mol. The van der Waals surface area contributed by atoms with E-state index >= 15 is 0 Å². The highest BCUT2D eigenvalue weighted by atomic mass is 16.5. The summed E-state index contributed by atoms with van der Waals surface area (Å²) in [5.74, 6) is -0.103. The van der Waals surface area contributed by atoms with Gasteiger partial charge in [-0.2, -0.15) is 0 Å². The summed E-state index contributed by atoms with van der Waals surface area (Å²) in [4.78, 5) is 24.5. The van der Waals surface area contributed by atoms with Crippen molar-refractivity contribution in [1.82, 2.24) is 5.32 Å². The predicted molar refractivity (Wildman–Crippen MR) is 250 cm³/mol. The van der Waals surface area contributed by atoms with Gasteiger partial charge in [-0.3, -0.25) is 9.59 Å². The maximum Gasteiger partial charge on any atom is 0.305 e. The number of carbonyl (C=O) groups excluding carboxylic acids is 2. The summed E-state index contributed by atoms with van der Waals surface area (Å²) in [5, 5.41) is 23.2. The van der Waals surface area contributed by atoms with Gasteiger partial charge >= 0.3 is 5.97 Å².